The number of fused-ring (bicyclic) bond motifs is 1. The van der Waals surface area contributed by atoms with Crippen LogP contribution in [0.2, 0.25) is 25.7 Å². The molecular formula is C34H34N4O3Si. The van der Waals surface area contributed by atoms with Gasteiger partial charge in [-0.25, -0.2) is 4.68 Å². The van der Waals surface area contributed by atoms with E-state index < -0.39 is 8.07 Å². The fourth-order valence-corrected chi connectivity index (χ4v) is 5.18. The summed E-state index contributed by atoms with van der Waals surface area (Å²) in [6, 6.07) is 28.4. The molecule has 0 atom stereocenters. The van der Waals surface area contributed by atoms with E-state index in [1.54, 1.807) is 42.6 Å². The first kappa shape index (κ1) is 28.9. The zero-order valence-corrected chi connectivity index (χ0v) is 25.1. The maximum atomic E-state index is 13.6. The number of amides is 1. The molecule has 5 rings (SSSR count). The fourth-order valence-electron chi connectivity index (χ4n) is 4.43. The molecule has 0 fully saturated rings. The minimum atomic E-state index is -1.23. The Kier molecular flexibility index (Phi) is 8.85. The van der Waals surface area contributed by atoms with Gasteiger partial charge in [0.05, 0.1) is 16.9 Å². The second-order valence-corrected chi connectivity index (χ2v) is 16.9. The maximum Gasteiger partial charge on any atom is 0.255 e. The fraction of sp³-hybridized carbons (Fsp3) is 0.176. The van der Waals surface area contributed by atoms with Gasteiger partial charge in [0.1, 0.15) is 6.73 Å². The normalized spacial score (nSPS) is 11.7. The third kappa shape index (κ3) is 7.34. The molecule has 42 heavy (non-hydrogen) atoms. The number of ether oxygens (including phenoxy) is 1. The molecule has 2 heterocycles. The molecular weight excluding hydrogens is 540 g/mol. The minimum Gasteiger partial charge on any atom is -0.360 e. The van der Waals surface area contributed by atoms with Crippen molar-refractivity contribution in [3.8, 4) is 0 Å². The molecule has 0 aliphatic carbocycles. The summed E-state index contributed by atoms with van der Waals surface area (Å²) in [4.78, 5) is 30.6. The lowest BCUT2D eigenvalue weighted by atomic mass is 10.0. The molecule has 5 aromatic rings. The topological polar surface area (TPSA) is 86.1 Å². The van der Waals surface area contributed by atoms with Crippen molar-refractivity contribution in [2.24, 2.45) is 0 Å². The van der Waals surface area contributed by atoms with Crippen LogP contribution in [-0.2, 0) is 11.5 Å². The van der Waals surface area contributed by atoms with Crippen LogP contribution in [0.5, 0.6) is 0 Å². The Hall–Kier alpha value is -4.66. The second kappa shape index (κ2) is 12.9. The van der Waals surface area contributed by atoms with E-state index in [0.29, 0.717) is 29.0 Å². The van der Waals surface area contributed by atoms with E-state index >= 15 is 0 Å². The lowest BCUT2D eigenvalue weighted by Gasteiger charge is -2.15. The third-order valence-corrected chi connectivity index (χ3v) is 8.47. The van der Waals surface area contributed by atoms with Crippen molar-refractivity contribution in [3.63, 3.8) is 0 Å². The van der Waals surface area contributed by atoms with Crippen molar-refractivity contribution < 1.29 is 14.3 Å². The van der Waals surface area contributed by atoms with Crippen LogP contribution in [0.15, 0.2) is 97.2 Å². The Balaban J connectivity index is 1.41. The van der Waals surface area contributed by atoms with Crippen LogP contribution in [0, 0.1) is 0 Å². The summed E-state index contributed by atoms with van der Waals surface area (Å²) in [6.07, 6.45) is 5.61. The second-order valence-electron chi connectivity index (χ2n) is 11.3. The van der Waals surface area contributed by atoms with Crippen molar-refractivity contribution in [3.05, 3.63) is 125 Å². The third-order valence-electron chi connectivity index (χ3n) is 6.77. The number of carbonyl (C=O) groups excluding carboxylic acids is 2. The first-order valence-corrected chi connectivity index (χ1v) is 17.7. The number of aromatic nitrogens is 3. The number of anilines is 1. The zero-order chi connectivity index (χ0) is 29.5. The van der Waals surface area contributed by atoms with Crippen molar-refractivity contribution in [2.75, 3.05) is 11.9 Å². The van der Waals surface area contributed by atoms with Gasteiger partial charge in [-0.2, -0.15) is 5.10 Å². The van der Waals surface area contributed by atoms with Crippen LogP contribution in [0.1, 0.15) is 37.7 Å². The van der Waals surface area contributed by atoms with Crippen LogP contribution in [0.25, 0.3) is 23.1 Å². The van der Waals surface area contributed by atoms with Gasteiger partial charge in [0.25, 0.3) is 5.91 Å². The van der Waals surface area contributed by atoms with Gasteiger partial charge in [-0.1, -0.05) is 62.1 Å². The molecule has 0 saturated heterocycles. The van der Waals surface area contributed by atoms with E-state index in [4.69, 9.17) is 9.84 Å². The van der Waals surface area contributed by atoms with Crippen LogP contribution >= 0.6 is 0 Å². The van der Waals surface area contributed by atoms with Crippen molar-refractivity contribution in [1.82, 2.24) is 14.8 Å². The summed E-state index contributed by atoms with van der Waals surface area (Å²) in [7, 11) is -1.23. The van der Waals surface area contributed by atoms with Gasteiger partial charge in [0.15, 0.2) is 5.78 Å². The number of pyridine rings is 1. The highest BCUT2D eigenvalue weighted by molar-refractivity contribution is 6.76. The Morgan fingerprint density at radius 1 is 0.857 bits per heavy atom. The van der Waals surface area contributed by atoms with Crippen LogP contribution in [0.4, 0.5) is 5.69 Å². The highest BCUT2D eigenvalue weighted by atomic mass is 28.3. The van der Waals surface area contributed by atoms with Gasteiger partial charge in [-0.3, -0.25) is 14.6 Å². The van der Waals surface area contributed by atoms with Gasteiger partial charge >= 0.3 is 0 Å². The lowest BCUT2D eigenvalue weighted by Crippen LogP contribution is -2.22. The van der Waals surface area contributed by atoms with Gasteiger partial charge in [-0.05, 0) is 66.7 Å². The highest BCUT2D eigenvalue weighted by Crippen LogP contribution is 2.25. The number of ketones is 1. The zero-order valence-electron chi connectivity index (χ0n) is 24.1. The molecule has 0 radical (unpaired) electrons. The summed E-state index contributed by atoms with van der Waals surface area (Å²) < 4.78 is 7.84. The summed E-state index contributed by atoms with van der Waals surface area (Å²) in [5.41, 5.74) is 4.52. The average Bonchev–Trinajstić information content (AvgIpc) is 3.35. The van der Waals surface area contributed by atoms with E-state index in [-0.39, 0.29) is 18.4 Å². The first-order chi connectivity index (χ1) is 20.3. The van der Waals surface area contributed by atoms with Crippen molar-refractivity contribution >= 4 is 48.5 Å². The van der Waals surface area contributed by atoms with Gasteiger partial charge in [-0.15, -0.1) is 0 Å². The standard InChI is InChI=1S/C34H34N4O3Si/c1-42(2,3)21-20-41-24-38-32-23-27(15-17-30(32)31(37-38)18-16-28-13-7-8-19-35-28)33(39)26-12-9-14-29(22-26)36-34(40)25-10-5-4-6-11-25/h4-19,22-23H,20-21,24H2,1-3H3,(H,36,40). The summed E-state index contributed by atoms with van der Waals surface area (Å²) in [6.45, 7) is 7.91. The van der Waals surface area contributed by atoms with E-state index in [9.17, 15) is 9.59 Å². The van der Waals surface area contributed by atoms with Gasteiger partial charge in [0, 0.05) is 48.6 Å². The maximum absolute atomic E-state index is 13.6. The van der Waals surface area contributed by atoms with Gasteiger partial charge in [0.2, 0.25) is 0 Å². The number of nitrogens with zero attached hydrogens (tertiary/aromatic N) is 3. The number of hydrogen-bond donors (Lipinski definition) is 1. The predicted molar refractivity (Wildman–Crippen MR) is 171 cm³/mol. The van der Waals surface area contributed by atoms with Crippen molar-refractivity contribution in [1.29, 1.82) is 0 Å². The molecule has 1 amide bonds. The Bertz CT molecular complexity index is 1720. The largest absolute Gasteiger partial charge is 0.360 e. The number of benzene rings is 3. The van der Waals surface area contributed by atoms with E-state index in [2.05, 4.69) is 29.9 Å². The molecule has 0 aliphatic rings. The Morgan fingerprint density at radius 3 is 2.38 bits per heavy atom. The minimum absolute atomic E-state index is 0.148. The van der Waals surface area contributed by atoms with Crippen molar-refractivity contribution in [2.45, 2.75) is 32.4 Å². The number of nitrogens with one attached hydrogen (secondary N) is 1. The highest BCUT2D eigenvalue weighted by Gasteiger charge is 2.17. The quantitative estimate of drug-likeness (QED) is 0.101. The Morgan fingerprint density at radius 2 is 1.62 bits per heavy atom. The molecule has 0 bridgehead atoms. The SMILES string of the molecule is C[Si](C)(C)CCOCn1nc(C=Cc2ccccn2)c2ccc(C(=O)c3cccc(NC(=O)c4ccccc4)c3)cc21. The number of rotatable bonds is 11. The molecule has 1 N–H and O–H groups in total. The summed E-state index contributed by atoms with van der Waals surface area (Å²) in [5, 5.41) is 8.61. The smallest absolute Gasteiger partial charge is 0.255 e. The molecule has 0 aliphatic heterocycles. The molecule has 0 unspecified atom stereocenters. The first-order valence-electron chi connectivity index (χ1n) is 14.0. The predicted octanol–water partition coefficient (Wildman–Crippen LogP) is 7.40. The van der Waals surface area contributed by atoms with Crippen LogP contribution in [0.3, 0.4) is 0 Å². The monoisotopic (exact) mass is 574 g/mol. The van der Waals surface area contributed by atoms with Crippen LogP contribution < -0.4 is 5.32 Å². The number of carbonyl (C=O) groups is 2. The molecule has 2 aromatic heterocycles. The number of hydrogen-bond acceptors (Lipinski definition) is 5. The van der Waals surface area contributed by atoms with Crippen LogP contribution in [-0.4, -0.2) is 41.1 Å². The van der Waals surface area contributed by atoms with E-state index in [0.717, 1.165) is 28.3 Å². The summed E-state index contributed by atoms with van der Waals surface area (Å²) in [5.74, 6) is -0.378. The molecule has 0 saturated carbocycles. The Labute approximate surface area is 246 Å². The van der Waals surface area contributed by atoms with E-state index in [1.165, 1.54) is 0 Å². The van der Waals surface area contributed by atoms with Gasteiger partial charge < -0.3 is 10.1 Å². The molecule has 7 nitrogen and oxygen atoms in total. The molecule has 8 heteroatoms. The molecule has 0 spiro atoms. The molecule has 3 aromatic carbocycles. The average molecular weight is 575 g/mol. The van der Waals surface area contributed by atoms with E-state index in [1.807, 2.05) is 71.4 Å². The molecule has 212 valence electrons. The lowest BCUT2D eigenvalue weighted by molar-refractivity contribution is 0.0816. The summed E-state index contributed by atoms with van der Waals surface area (Å²) >= 11 is 0.